The molecular weight excluding hydrogens is 178 g/mol. The van der Waals surface area contributed by atoms with Crippen molar-refractivity contribution in [3.63, 3.8) is 0 Å². The van der Waals surface area contributed by atoms with Gasteiger partial charge in [-0.1, -0.05) is 6.92 Å². The maximum Gasteiger partial charge on any atom is 0.410 e. The molecular formula is C11H21NO2. The number of likely N-dealkylation sites (tertiary alicyclic amines) is 1. The lowest BCUT2D eigenvalue weighted by Gasteiger charge is -2.27. The third kappa shape index (κ3) is 2.63. The van der Waals surface area contributed by atoms with E-state index in [1.54, 1.807) is 0 Å². The van der Waals surface area contributed by atoms with Crippen LogP contribution in [0.3, 0.4) is 0 Å². The molecule has 0 radical (unpaired) electrons. The van der Waals surface area contributed by atoms with Crippen LogP contribution >= 0.6 is 0 Å². The van der Waals surface area contributed by atoms with Crippen LogP contribution in [-0.2, 0) is 4.74 Å². The van der Waals surface area contributed by atoms with Crippen LogP contribution in [0.15, 0.2) is 0 Å². The minimum Gasteiger partial charge on any atom is -0.444 e. The lowest BCUT2D eigenvalue weighted by Crippen LogP contribution is -2.39. The van der Waals surface area contributed by atoms with Gasteiger partial charge < -0.3 is 9.64 Å². The Balaban J connectivity index is 2.54. The molecule has 1 heterocycles. The third-order valence-corrected chi connectivity index (χ3v) is 2.77. The third-order valence-electron chi connectivity index (χ3n) is 2.77. The van der Waals surface area contributed by atoms with Crippen molar-refractivity contribution in [3.8, 4) is 0 Å². The lowest BCUT2D eigenvalue weighted by atomic mass is 10.1. The fraction of sp³-hybridized carbons (Fsp3) is 0.909. The lowest BCUT2D eigenvalue weighted by molar-refractivity contribution is 0.0225. The molecule has 1 aliphatic heterocycles. The Kier molecular flexibility index (Phi) is 3.07. The number of hydrogen-bond donors (Lipinski definition) is 0. The van der Waals surface area contributed by atoms with E-state index < -0.39 is 0 Å². The topological polar surface area (TPSA) is 29.5 Å². The number of hydrogen-bond acceptors (Lipinski definition) is 2. The Morgan fingerprint density at radius 2 is 1.93 bits per heavy atom. The van der Waals surface area contributed by atoms with Gasteiger partial charge in [0.25, 0.3) is 0 Å². The molecule has 0 N–H and O–H groups in total. The van der Waals surface area contributed by atoms with Gasteiger partial charge in [-0.3, -0.25) is 0 Å². The maximum atomic E-state index is 11.7. The van der Waals surface area contributed by atoms with E-state index in [4.69, 9.17) is 4.74 Å². The van der Waals surface area contributed by atoms with E-state index in [0.717, 1.165) is 13.0 Å². The van der Waals surface area contributed by atoms with E-state index in [1.165, 1.54) is 0 Å². The van der Waals surface area contributed by atoms with E-state index in [1.807, 2.05) is 25.7 Å². The first-order chi connectivity index (χ1) is 6.31. The SMILES string of the molecule is C[C@@H]1CCN(C(=O)OC(C)(C)C)[C@@H]1C. The molecule has 14 heavy (non-hydrogen) atoms. The largest absolute Gasteiger partial charge is 0.444 e. The molecule has 3 heteroatoms. The zero-order valence-corrected chi connectivity index (χ0v) is 9.83. The Hall–Kier alpha value is -0.730. The normalized spacial score (nSPS) is 27.9. The first-order valence-electron chi connectivity index (χ1n) is 5.31. The molecule has 0 aromatic carbocycles. The van der Waals surface area contributed by atoms with Gasteiger partial charge in [0.1, 0.15) is 5.60 Å². The molecule has 0 saturated carbocycles. The van der Waals surface area contributed by atoms with Crippen LogP contribution in [0, 0.1) is 5.92 Å². The molecule has 0 aromatic heterocycles. The van der Waals surface area contributed by atoms with Crippen LogP contribution in [-0.4, -0.2) is 29.2 Å². The van der Waals surface area contributed by atoms with Gasteiger partial charge in [-0.2, -0.15) is 0 Å². The molecule has 82 valence electrons. The summed E-state index contributed by atoms with van der Waals surface area (Å²) in [5.41, 5.74) is -0.386. The van der Waals surface area contributed by atoms with E-state index in [2.05, 4.69) is 13.8 Å². The van der Waals surface area contributed by atoms with Gasteiger partial charge in [0.2, 0.25) is 0 Å². The number of carbonyl (C=O) groups is 1. The second-order valence-corrected chi connectivity index (χ2v) is 5.18. The van der Waals surface area contributed by atoms with Gasteiger partial charge in [0, 0.05) is 12.6 Å². The quantitative estimate of drug-likeness (QED) is 0.600. The van der Waals surface area contributed by atoms with Crippen LogP contribution in [0.2, 0.25) is 0 Å². The molecule has 0 spiro atoms. The number of carbonyl (C=O) groups excluding carboxylic acids is 1. The van der Waals surface area contributed by atoms with E-state index in [-0.39, 0.29) is 11.7 Å². The fourth-order valence-electron chi connectivity index (χ4n) is 1.67. The zero-order valence-electron chi connectivity index (χ0n) is 9.83. The average molecular weight is 199 g/mol. The number of amides is 1. The van der Waals surface area contributed by atoms with Crippen molar-refractivity contribution < 1.29 is 9.53 Å². The van der Waals surface area contributed by atoms with Crippen LogP contribution in [0.5, 0.6) is 0 Å². The standard InChI is InChI=1S/C11H21NO2/c1-8-6-7-12(9(8)2)10(13)14-11(3,4)5/h8-9H,6-7H2,1-5H3/t8-,9-/m1/s1. The second-order valence-electron chi connectivity index (χ2n) is 5.18. The van der Waals surface area contributed by atoms with Gasteiger partial charge in [-0.05, 0) is 40.0 Å². The Labute approximate surface area is 86.4 Å². The van der Waals surface area contributed by atoms with E-state index in [9.17, 15) is 4.79 Å². The summed E-state index contributed by atoms with van der Waals surface area (Å²) < 4.78 is 5.33. The minimum atomic E-state index is -0.386. The van der Waals surface area contributed by atoms with Crippen molar-refractivity contribution in [2.45, 2.75) is 52.7 Å². The summed E-state index contributed by atoms with van der Waals surface area (Å²) in [6.07, 6.45) is 0.912. The van der Waals surface area contributed by atoms with Gasteiger partial charge in [-0.15, -0.1) is 0 Å². The summed E-state index contributed by atoms with van der Waals surface area (Å²) >= 11 is 0. The van der Waals surface area contributed by atoms with Crippen molar-refractivity contribution in [2.24, 2.45) is 5.92 Å². The summed E-state index contributed by atoms with van der Waals surface area (Å²) in [5.74, 6) is 0.586. The van der Waals surface area contributed by atoms with Gasteiger partial charge >= 0.3 is 6.09 Å². The smallest absolute Gasteiger partial charge is 0.410 e. The molecule has 0 aromatic rings. The predicted molar refractivity (Wildman–Crippen MR) is 56.2 cm³/mol. The first kappa shape index (κ1) is 11.3. The summed E-state index contributed by atoms with van der Waals surface area (Å²) in [6.45, 7) is 10.8. The molecule has 0 aliphatic carbocycles. The first-order valence-corrected chi connectivity index (χ1v) is 5.31. The van der Waals surface area contributed by atoms with Crippen molar-refractivity contribution >= 4 is 6.09 Å². The van der Waals surface area contributed by atoms with Crippen LogP contribution < -0.4 is 0 Å². The van der Waals surface area contributed by atoms with Crippen molar-refractivity contribution in [1.29, 1.82) is 0 Å². The van der Waals surface area contributed by atoms with E-state index in [0.29, 0.717) is 12.0 Å². The number of nitrogens with zero attached hydrogens (tertiary/aromatic N) is 1. The Morgan fingerprint density at radius 3 is 2.29 bits per heavy atom. The molecule has 2 atom stereocenters. The van der Waals surface area contributed by atoms with Crippen molar-refractivity contribution in [1.82, 2.24) is 4.90 Å². The summed E-state index contributed by atoms with van der Waals surface area (Å²) in [4.78, 5) is 13.5. The Morgan fingerprint density at radius 1 is 1.36 bits per heavy atom. The highest BCUT2D eigenvalue weighted by Crippen LogP contribution is 2.25. The van der Waals surface area contributed by atoms with Crippen LogP contribution in [0.1, 0.15) is 41.0 Å². The predicted octanol–water partition coefficient (Wildman–Crippen LogP) is 2.65. The Bertz CT molecular complexity index is 220. The van der Waals surface area contributed by atoms with Crippen LogP contribution in [0.25, 0.3) is 0 Å². The fourth-order valence-corrected chi connectivity index (χ4v) is 1.67. The number of ether oxygens (including phenoxy) is 1. The molecule has 1 aliphatic rings. The highest BCUT2D eigenvalue weighted by atomic mass is 16.6. The van der Waals surface area contributed by atoms with Crippen molar-refractivity contribution in [2.75, 3.05) is 6.54 Å². The molecule has 0 unspecified atom stereocenters. The maximum absolute atomic E-state index is 11.7. The molecule has 0 bridgehead atoms. The van der Waals surface area contributed by atoms with Gasteiger partial charge in [-0.25, -0.2) is 4.79 Å². The summed E-state index contributed by atoms with van der Waals surface area (Å²) in [7, 11) is 0. The summed E-state index contributed by atoms with van der Waals surface area (Å²) in [6, 6.07) is 0.310. The molecule has 1 fully saturated rings. The van der Waals surface area contributed by atoms with E-state index >= 15 is 0 Å². The molecule has 3 nitrogen and oxygen atoms in total. The average Bonchev–Trinajstić information content (AvgIpc) is 2.29. The monoisotopic (exact) mass is 199 g/mol. The molecule has 1 saturated heterocycles. The highest BCUT2D eigenvalue weighted by molar-refractivity contribution is 5.68. The highest BCUT2D eigenvalue weighted by Gasteiger charge is 2.33. The number of rotatable bonds is 0. The minimum absolute atomic E-state index is 0.172. The second kappa shape index (κ2) is 3.79. The summed E-state index contributed by atoms with van der Waals surface area (Å²) in [5, 5.41) is 0. The van der Waals surface area contributed by atoms with Crippen molar-refractivity contribution in [3.05, 3.63) is 0 Å². The zero-order chi connectivity index (χ0) is 10.9. The van der Waals surface area contributed by atoms with Gasteiger partial charge in [0.15, 0.2) is 0 Å². The van der Waals surface area contributed by atoms with Crippen LogP contribution in [0.4, 0.5) is 4.79 Å². The molecule has 1 amide bonds. The molecule has 1 rings (SSSR count). The van der Waals surface area contributed by atoms with Gasteiger partial charge in [0.05, 0.1) is 0 Å².